The molecule has 0 saturated carbocycles. The molecule has 3 aromatic rings. The Morgan fingerprint density at radius 3 is 2.58 bits per heavy atom. The number of aromatic nitrogens is 2. The number of hydrogen-bond donors (Lipinski definition) is 3. The normalized spacial score (nSPS) is 11.2. The summed E-state index contributed by atoms with van der Waals surface area (Å²) >= 11 is 5.82. The Morgan fingerprint density at radius 2 is 1.90 bits per heavy atom. The summed E-state index contributed by atoms with van der Waals surface area (Å²) in [6.45, 7) is 1.59. The molecule has 0 aliphatic heterocycles. The van der Waals surface area contributed by atoms with Gasteiger partial charge in [0.15, 0.2) is 5.96 Å². The summed E-state index contributed by atoms with van der Waals surface area (Å²) in [5.41, 5.74) is 3.31. The number of pyridine rings is 1. The van der Waals surface area contributed by atoms with Gasteiger partial charge < -0.3 is 25.1 Å². The molecule has 3 rings (SSSR count). The Labute approximate surface area is 205 Å². The van der Waals surface area contributed by atoms with Crippen LogP contribution in [0, 0.1) is 0 Å². The highest BCUT2D eigenvalue weighted by atomic mass is 127. The van der Waals surface area contributed by atoms with Crippen molar-refractivity contribution in [3.8, 4) is 11.5 Å². The number of fused-ring (bicyclic) bond motifs is 1. The zero-order valence-electron chi connectivity index (χ0n) is 18.0. The van der Waals surface area contributed by atoms with Gasteiger partial charge in [-0.3, -0.25) is 4.99 Å². The van der Waals surface area contributed by atoms with Gasteiger partial charge in [0, 0.05) is 49.5 Å². The van der Waals surface area contributed by atoms with Crippen LogP contribution < -0.4 is 20.1 Å². The first-order valence-corrected chi connectivity index (χ1v) is 10.3. The second-order valence-corrected chi connectivity index (χ2v) is 7.24. The van der Waals surface area contributed by atoms with Crippen LogP contribution in [0.4, 0.5) is 0 Å². The number of guanidine groups is 1. The minimum absolute atomic E-state index is 0. The van der Waals surface area contributed by atoms with Gasteiger partial charge in [0.1, 0.15) is 16.7 Å². The maximum Gasteiger partial charge on any atom is 0.190 e. The average molecular weight is 558 g/mol. The van der Waals surface area contributed by atoms with E-state index in [1.807, 2.05) is 18.2 Å². The lowest BCUT2D eigenvalue weighted by molar-refractivity contribution is 0.398. The van der Waals surface area contributed by atoms with Crippen LogP contribution in [-0.2, 0) is 12.8 Å². The van der Waals surface area contributed by atoms with E-state index in [-0.39, 0.29) is 24.0 Å². The van der Waals surface area contributed by atoms with E-state index in [4.69, 9.17) is 21.1 Å². The highest BCUT2D eigenvalue weighted by Crippen LogP contribution is 2.31. The second kappa shape index (κ2) is 12.6. The standard InChI is InChI=1S/C22H28ClN5O2.HI/c1-24-22(26-10-8-15-6-7-21(23)27-14-15)25-9-4-5-16-11-18-19(28-16)12-17(29-2)13-20(18)30-3;/h6-7,11-14,28H,4-5,8-10H2,1-3H3,(H2,24,25,26);1H. The Morgan fingerprint density at radius 1 is 1.10 bits per heavy atom. The highest BCUT2D eigenvalue weighted by Gasteiger charge is 2.09. The van der Waals surface area contributed by atoms with Crippen molar-refractivity contribution in [1.29, 1.82) is 0 Å². The molecule has 0 bridgehead atoms. The van der Waals surface area contributed by atoms with Crippen molar-refractivity contribution in [1.82, 2.24) is 20.6 Å². The Balaban J connectivity index is 0.00000341. The molecular weight excluding hydrogens is 529 g/mol. The van der Waals surface area contributed by atoms with Crippen LogP contribution in [-0.4, -0.2) is 50.3 Å². The fraction of sp³-hybridized carbons (Fsp3) is 0.364. The van der Waals surface area contributed by atoms with Crippen molar-refractivity contribution in [2.24, 2.45) is 4.99 Å². The number of benzene rings is 1. The largest absolute Gasteiger partial charge is 0.497 e. The Bertz CT molecular complexity index is 991. The van der Waals surface area contributed by atoms with Crippen LogP contribution >= 0.6 is 35.6 Å². The van der Waals surface area contributed by atoms with Crippen LogP contribution in [0.1, 0.15) is 17.7 Å². The summed E-state index contributed by atoms with van der Waals surface area (Å²) in [5.74, 6) is 2.38. The quantitative estimate of drug-likeness (QED) is 0.121. The highest BCUT2D eigenvalue weighted by molar-refractivity contribution is 14.0. The van der Waals surface area contributed by atoms with Crippen LogP contribution in [0.3, 0.4) is 0 Å². The number of hydrogen-bond acceptors (Lipinski definition) is 4. The minimum atomic E-state index is 0. The van der Waals surface area contributed by atoms with E-state index < -0.39 is 0 Å². The van der Waals surface area contributed by atoms with Crippen molar-refractivity contribution in [2.75, 3.05) is 34.4 Å². The van der Waals surface area contributed by atoms with E-state index in [9.17, 15) is 0 Å². The van der Waals surface area contributed by atoms with Crippen molar-refractivity contribution >= 4 is 52.4 Å². The summed E-state index contributed by atoms with van der Waals surface area (Å²) in [5, 5.41) is 8.25. The summed E-state index contributed by atoms with van der Waals surface area (Å²) in [4.78, 5) is 11.8. The van der Waals surface area contributed by atoms with Gasteiger partial charge in [-0.2, -0.15) is 0 Å². The summed E-state index contributed by atoms with van der Waals surface area (Å²) in [6.07, 6.45) is 4.53. The number of nitrogens with one attached hydrogen (secondary N) is 3. The molecule has 0 radical (unpaired) electrons. The van der Waals surface area contributed by atoms with Crippen molar-refractivity contribution in [3.05, 3.63) is 52.9 Å². The molecule has 2 heterocycles. The smallest absolute Gasteiger partial charge is 0.190 e. The van der Waals surface area contributed by atoms with Crippen molar-refractivity contribution in [3.63, 3.8) is 0 Å². The van der Waals surface area contributed by atoms with Crippen LogP contribution in [0.2, 0.25) is 5.15 Å². The van der Waals surface area contributed by atoms with E-state index in [1.165, 1.54) is 0 Å². The predicted octanol–water partition coefficient (Wildman–Crippen LogP) is 4.19. The second-order valence-electron chi connectivity index (χ2n) is 6.85. The number of halogens is 2. The van der Waals surface area contributed by atoms with E-state index >= 15 is 0 Å². The average Bonchev–Trinajstić information content (AvgIpc) is 3.18. The molecule has 2 aromatic heterocycles. The van der Waals surface area contributed by atoms with Crippen LogP contribution in [0.25, 0.3) is 10.9 Å². The number of aryl methyl sites for hydroxylation is 1. The maximum atomic E-state index is 5.82. The molecule has 7 nitrogen and oxygen atoms in total. The fourth-order valence-electron chi connectivity index (χ4n) is 3.24. The Kier molecular flexibility index (Phi) is 10.2. The number of methoxy groups -OCH3 is 2. The molecule has 0 amide bonds. The minimum Gasteiger partial charge on any atom is -0.497 e. The molecule has 0 fully saturated rings. The first-order chi connectivity index (χ1) is 14.6. The molecule has 3 N–H and O–H groups in total. The number of aromatic amines is 1. The van der Waals surface area contributed by atoms with E-state index in [0.717, 1.165) is 72.0 Å². The monoisotopic (exact) mass is 557 g/mol. The Hall–Kier alpha value is -2.20. The molecule has 0 spiro atoms. The first kappa shape index (κ1) is 25.1. The van der Waals surface area contributed by atoms with Gasteiger partial charge in [0.25, 0.3) is 0 Å². The van der Waals surface area contributed by atoms with E-state index in [2.05, 4.69) is 31.7 Å². The van der Waals surface area contributed by atoms with Gasteiger partial charge >= 0.3 is 0 Å². The molecule has 0 saturated heterocycles. The van der Waals surface area contributed by atoms with Gasteiger partial charge in [-0.15, -0.1) is 24.0 Å². The topological polar surface area (TPSA) is 83.6 Å². The number of H-pyrrole nitrogens is 1. The predicted molar refractivity (Wildman–Crippen MR) is 137 cm³/mol. The fourth-order valence-corrected chi connectivity index (χ4v) is 3.36. The molecule has 9 heteroatoms. The summed E-state index contributed by atoms with van der Waals surface area (Å²) in [7, 11) is 5.10. The SMILES string of the molecule is CN=C(NCCCc1cc2c(OC)cc(OC)cc2[nH]1)NCCc1ccc(Cl)nc1.I. The number of nitrogens with zero attached hydrogens (tertiary/aromatic N) is 2. The molecular formula is C22H29ClIN5O2. The van der Waals surface area contributed by atoms with Crippen molar-refractivity contribution in [2.45, 2.75) is 19.3 Å². The lowest BCUT2D eigenvalue weighted by atomic mass is 10.2. The third-order valence-electron chi connectivity index (χ3n) is 4.82. The molecule has 0 unspecified atom stereocenters. The molecule has 1 aromatic carbocycles. The molecule has 168 valence electrons. The maximum absolute atomic E-state index is 5.82. The molecule has 0 atom stereocenters. The lowest BCUT2D eigenvalue weighted by Gasteiger charge is -2.11. The van der Waals surface area contributed by atoms with Gasteiger partial charge in [-0.1, -0.05) is 17.7 Å². The molecule has 31 heavy (non-hydrogen) atoms. The summed E-state index contributed by atoms with van der Waals surface area (Å²) < 4.78 is 10.8. The van der Waals surface area contributed by atoms with E-state index in [0.29, 0.717) is 5.15 Å². The first-order valence-electron chi connectivity index (χ1n) is 9.91. The molecule has 0 aliphatic rings. The zero-order valence-corrected chi connectivity index (χ0v) is 21.1. The van der Waals surface area contributed by atoms with Gasteiger partial charge in [0.2, 0.25) is 0 Å². The number of aliphatic imine (C=N–C) groups is 1. The van der Waals surface area contributed by atoms with Crippen LogP contribution in [0.5, 0.6) is 11.5 Å². The number of rotatable bonds is 9. The van der Waals surface area contributed by atoms with Gasteiger partial charge in [0.05, 0.1) is 19.7 Å². The number of ether oxygens (including phenoxy) is 2. The third-order valence-corrected chi connectivity index (χ3v) is 5.04. The zero-order chi connectivity index (χ0) is 21.3. The van der Waals surface area contributed by atoms with Gasteiger partial charge in [-0.25, -0.2) is 4.98 Å². The van der Waals surface area contributed by atoms with E-state index in [1.54, 1.807) is 33.5 Å². The molecule has 0 aliphatic carbocycles. The van der Waals surface area contributed by atoms with Gasteiger partial charge in [-0.05, 0) is 37.0 Å². The van der Waals surface area contributed by atoms with Crippen LogP contribution in [0.15, 0.2) is 41.5 Å². The lowest BCUT2D eigenvalue weighted by Crippen LogP contribution is -2.38. The third kappa shape index (κ3) is 7.17. The summed E-state index contributed by atoms with van der Waals surface area (Å²) in [6, 6.07) is 9.82. The van der Waals surface area contributed by atoms with Crippen molar-refractivity contribution < 1.29 is 9.47 Å².